The first-order valence-electron chi connectivity index (χ1n) is 6.77. The van der Waals surface area contributed by atoms with Crippen molar-refractivity contribution in [3.8, 4) is 5.75 Å². The number of para-hydroxylation sites is 1. The third kappa shape index (κ3) is 3.96. The second-order valence-electron chi connectivity index (χ2n) is 5.22. The Morgan fingerprint density at radius 2 is 2.16 bits per heavy atom. The summed E-state index contributed by atoms with van der Waals surface area (Å²) in [5.74, 6) is 0.738. The molecule has 0 aliphatic heterocycles. The highest BCUT2D eigenvalue weighted by atomic mass is 16.5. The molecular formula is C15H21NO3. The molecule has 0 unspecified atom stereocenters. The maximum atomic E-state index is 11.6. The van der Waals surface area contributed by atoms with E-state index < -0.39 is 5.60 Å². The fourth-order valence-corrected chi connectivity index (χ4v) is 2.09. The fraction of sp³-hybridized carbons (Fsp3) is 0.533. The van der Waals surface area contributed by atoms with Crippen molar-refractivity contribution in [1.29, 1.82) is 0 Å². The van der Waals surface area contributed by atoms with Gasteiger partial charge in [-0.1, -0.05) is 18.2 Å². The van der Waals surface area contributed by atoms with Gasteiger partial charge in [0.25, 0.3) is 0 Å². The Labute approximate surface area is 113 Å². The zero-order chi connectivity index (χ0) is 13.7. The highest BCUT2D eigenvalue weighted by molar-refractivity contribution is 5.76. The molecule has 1 amide bonds. The van der Waals surface area contributed by atoms with Crippen LogP contribution in [0.15, 0.2) is 24.3 Å². The van der Waals surface area contributed by atoms with E-state index in [1.807, 2.05) is 31.2 Å². The summed E-state index contributed by atoms with van der Waals surface area (Å²) in [7, 11) is 0. The molecule has 0 atom stereocenters. The zero-order valence-corrected chi connectivity index (χ0v) is 11.3. The highest BCUT2D eigenvalue weighted by Gasteiger charge is 2.34. The molecule has 1 aliphatic rings. The van der Waals surface area contributed by atoms with E-state index in [0.29, 0.717) is 19.6 Å². The van der Waals surface area contributed by atoms with Crippen molar-refractivity contribution in [2.45, 2.75) is 38.2 Å². The first-order chi connectivity index (χ1) is 9.09. The van der Waals surface area contributed by atoms with Crippen LogP contribution < -0.4 is 10.1 Å². The van der Waals surface area contributed by atoms with Crippen molar-refractivity contribution < 1.29 is 14.6 Å². The number of aryl methyl sites for hydroxylation is 1. The van der Waals surface area contributed by atoms with E-state index in [1.165, 1.54) is 0 Å². The molecule has 19 heavy (non-hydrogen) atoms. The number of hydrogen-bond donors (Lipinski definition) is 2. The summed E-state index contributed by atoms with van der Waals surface area (Å²) in [5.41, 5.74) is 0.402. The molecule has 0 heterocycles. The van der Waals surface area contributed by atoms with Gasteiger partial charge in [-0.3, -0.25) is 4.79 Å². The van der Waals surface area contributed by atoms with Crippen LogP contribution in [0.2, 0.25) is 0 Å². The first-order valence-corrected chi connectivity index (χ1v) is 6.77. The van der Waals surface area contributed by atoms with Crippen LogP contribution in [0.4, 0.5) is 0 Å². The fourth-order valence-electron chi connectivity index (χ4n) is 2.09. The number of carbonyl (C=O) groups excluding carboxylic acids is 1. The van der Waals surface area contributed by atoms with Crippen molar-refractivity contribution in [3.63, 3.8) is 0 Å². The molecule has 0 saturated heterocycles. The Hall–Kier alpha value is -1.55. The van der Waals surface area contributed by atoms with Gasteiger partial charge in [0, 0.05) is 6.54 Å². The average molecular weight is 263 g/mol. The monoisotopic (exact) mass is 263 g/mol. The van der Waals surface area contributed by atoms with Crippen LogP contribution in [-0.4, -0.2) is 29.8 Å². The van der Waals surface area contributed by atoms with Crippen LogP contribution >= 0.6 is 0 Å². The molecule has 4 nitrogen and oxygen atoms in total. The van der Waals surface area contributed by atoms with E-state index in [4.69, 9.17) is 4.74 Å². The van der Waals surface area contributed by atoms with Crippen molar-refractivity contribution >= 4 is 5.91 Å². The van der Waals surface area contributed by atoms with Crippen LogP contribution in [0.25, 0.3) is 0 Å². The summed E-state index contributed by atoms with van der Waals surface area (Å²) in [6.07, 6.45) is 2.92. The number of amides is 1. The Morgan fingerprint density at radius 3 is 2.79 bits per heavy atom. The second kappa shape index (κ2) is 6.06. The SMILES string of the molecule is Cc1ccccc1OCCC(=O)NCC1(O)CCC1. The number of nitrogens with one attached hydrogen (secondary N) is 1. The lowest BCUT2D eigenvalue weighted by molar-refractivity contribution is -0.124. The molecule has 1 aromatic carbocycles. The van der Waals surface area contributed by atoms with Crippen LogP contribution in [0.3, 0.4) is 0 Å². The summed E-state index contributed by atoms with van der Waals surface area (Å²) in [6, 6.07) is 7.73. The number of rotatable bonds is 6. The van der Waals surface area contributed by atoms with Crippen molar-refractivity contribution in [3.05, 3.63) is 29.8 Å². The van der Waals surface area contributed by atoms with Gasteiger partial charge in [0.2, 0.25) is 5.91 Å². The third-order valence-corrected chi connectivity index (χ3v) is 3.58. The minimum Gasteiger partial charge on any atom is -0.493 e. The van der Waals surface area contributed by atoms with Gasteiger partial charge < -0.3 is 15.2 Å². The number of carbonyl (C=O) groups is 1. The second-order valence-corrected chi connectivity index (χ2v) is 5.22. The molecule has 0 spiro atoms. The molecule has 2 rings (SSSR count). The number of ether oxygens (including phenoxy) is 1. The van der Waals surface area contributed by atoms with Crippen LogP contribution in [0.1, 0.15) is 31.2 Å². The Bertz CT molecular complexity index is 441. The lowest BCUT2D eigenvalue weighted by Gasteiger charge is -2.36. The molecule has 104 valence electrons. The average Bonchev–Trinajstić information content (AvgIpc) is 2.36. The van der Waals surface area contributed by atoms with E-state index >= 15 is 0 Å². The molecule has 1 aromatic rings. The standard InChI is InChI=1S/C15H21NO3/c1-12-5-2-3-6-13(12)19-10-7-14(17)16-11-15(18)8-4-9-15/h2-3,5-6,18H,4,7-11H2,1H3,(H,16,17). The maximum absolute atomic E-state index is 11.6. The van der Waals surface area contributed by atoms with Gasteiger partial charge in [0.15, 0.2) is 0 Å². The van der Waals surface area contributed by atoms with Crippen LogP contribution in [0, 0.1) is 6.92 Å². The van der Waals surface area contributed by atoms with E-state index in [9.17, 15) is 9.90 Å². The Kier molecular flexibility index (Phi) is 4.43. The van der Waals surface area contributed by atoms with Gasteiger partial charge in [-0.25, -0.2) is 0 Å². The molecule has 1 aliphatic carbocycles. The predicted octanol–water partition coefficient (Wildman–Crippen LogP) is 1.80. The van der Waals surface area contributed by atoms with Crippen LogP contribution in [0.5, 0.6) is 5.75 Å². The van der Waals surface area contributed by atoms with Gasteiger partial charge in [-0.05, 0) is 37.8 Å². The topological polar surface area (TPSA) is 58.6 Å². The molecule has 1 saturated carbocycles. The lowest BCUT2D eigenvalue weighted by Crippen LogP contribution is -2.47. The van der Waals surface area contributed by atoms with E-state index in [-0.39, 0.29) is 5.91 Å². The maximum Gasteiger partial charge on any atom is 0.223 e. The predicted molar refractivity (Wildman–Crippen MR) is 73.1 cm³/mol. The van der Waals surface area contributed by atoms with Gasteiger partial charge in [-0.15, -0.1) is 0 Å². The summed E-state index contributed by atoms with van der Waals surface area (Å²) in [5, 5.41) is 12.6. The number of benzene rings is 1. The Balaban J connectivity index is 1.65. The summed E-state index contributed by atoms with van der Waals surface area (Å²) >= 11 is 0. The molecule has 0 aromatic heterocycles. The van der Waals surface area contributed by atoms with Gasteiger partial charge in [-0.2, -0.15) is 0 Å². The van der Waals surface area contributed by atoms with Gasteiger partial charge in [0.05, 0.1) is 18.6 Å². The molecular weight excluding hydrogens is 242 g/mol. The van der Waals surface area contributed by atoms with E-state index in [1.54, 1.807) is 0 Å². The minimum absolute atomic E-state index is 0.0751. The highest BCUT2D eigenvalue weighted by Crippen LogP contribution is 2.30. The Morgan fingerprint density at radius 1 is 1.42 bits per heavy atom. The number of aliphatic hydroxyl groups is 1. The van der Waals surface area contributed by atoms with Crippen molar-refractivity contribution in [2.75, 3.05) is 13.2 Å². The minimum atomic E-state index is -0.660. The summed E-state index contributed by atoms with van der Waals surface area (Å²) in [6.45, 7) is 2.69. The first kappa shape index (κ1) is 13.9. The van der Waals surface area contributed by atoms with Crippen molar-refractivity contribution in [1.82, 2.24) is 5.32 Å². The largest absolute Gasteiger partial charge is 0.493 e. The normalized spacial score (nSPS) is 16.5. The van der Waals surface area contributed by atoms with Crippen LogP contribution in [-0.2, 0) is 4.79 Å². The number of hydrogen-bond acceptors (Lipinski definition) is 3. The quantitative estimate of drug-likeness (QED) is 0.822. The van der Waals surface area contributed by atoms with Crippen molar-refractivity contribution in [2.24, 2.45) is 0 Å². The van der Waals surface area contributed by atoms with Gasteiger partial charge in [0.1, 0.15) is 5.75 Å². The zero-order valence-electron chi connectivity index (χ0n) is 11.3. The molecule has 0 radical (unpaired) electrons. The summed E-state index contributed by atoms with van der Waals surface area (Å²) in [4.78, 5) is 11.6. The van der Waals surface area contributed by atoms with E-state index in [2.05, 4.69) is 5.32 Å². The van der Waals surface area contributed by atoms with Gasteiger partial charge >= 0.3 is 0 Å². The molecule has 4 heteroatoms. The summed E-state index contributed by atoms with van der Waals surface area (Å²) < 4.78 is 5.56. The molecule has 0 bridgehead atoms. The third-order valence-electron chi connectivity index (χ3n) is 3.58. The van der Waals surface area contributed by atoms with E-state index in [0.717, 1.165) is 30.6 Å². The molecule has 1 fully saturated rings. The smallest absolute Gasteiger partial charge is 0.223 e. The molecule has 2 N–H and O–H groups in total. The lowest BCUT2D eigenvalue weighted by atomic mass is 9.80.